The fraction of sp³-hybridized carbons (Fsp3) is 0.348. The molecule has 8 nitrogen and oxygen atoms in total. The molecule has 4 aromatic heterocycles. The predicted molar refractivity (Wildman–Crippen MR) is 117 cm³/mol. The highest BCUT2D eigenvalue weighted by Crippen LogP contribution is 2.39. The lowest BCUT2D eigenvalue weighted by molar-refractivity contribution is 0.281. The molecular weight excluding hydrogens is 390 g/mol. The number of aromatic nitrogens is 6. The molecule has 156 valence electrons. The Morgan fingerprint density at radius 2 is 2.06 bits per heavy atom. The van der Waals surface area contributed by atoms with Crippen molar-refractivity contribution in [1.82, 2.24) is 29.4 Å². The first-order valence-corrected chi connectivity index (χ1v) is 10.8. The molecule has 1 saturated heterocycles. The fourth-order valence-corrected chi connectivity index (χ4v) is 5.12. The van der Waals surface area contributed by atoms with Crippen molar-refractivity contribution in [1.29, 1.82) is 0 Å². The van der Waals surface area contributed by atoms with E-state index in [1.807, 2.05) is 22.9 Å². The van der Waals surface area contributed by atoms with Crippen molar-refractivity contribution in [2.45, 2.75) is 32.2 Å². The van der Waals surface area contributed by atoms with E-state index in [4.69, 9.17) is 0 Å². The van der Waals surface area contributed by atoms with Gasteiger partial charge in [0, 0.05) is 55.3 Å². The summed E-state index contributed by atoms with van der Waals surface area (Å²) in [6, 6.07) is 9.98. The van der Waals surface area contributed by atoms with Crippen LogP contribution in [0.1, 0.15) is 30.7 Å². The molecule has 2 atom stereocenters. The van der Waals surface area contributed by atoms with Gasteiger partial charge in [0.1, 0.15) is 6.33 Å². The lowest BCUT2D eigenvalue weighted by Crippen LogP contribution is -2.47. The number of pyridine rings is 2. The molecule has 0 unspecified atom stereocenters. The summed E-state index contributed by atoms with van der Waals surface area (Å²) >= 11 is 0. The predicted octanol–water partition coefficient (Wildman–Crippen LogP) is 2.53. The molecule has 6 heterocycles. The molecule has 8 heteroatoms. The number of nitrogens with zero attached hydrogens (tertiary/aromatic N) is 7. The zero-order valence-corrected chi connectivity index (χ0v) is 17.3. The third kappa shape index (κ3) is 3.01. The number of piperidine rings is 1. The highest BCUT2D eigenvalue weighted by Gasteiger charge is 2.36. The van der Waals surface area contributed by atoms with Crippen LogP contribution in [-0.2, 0) is 13.0 Å². The van der Waals surface area contributed by atoms with Gasteiger partial charge >= 0.3 is 0 Å². The monoisotopic (exact) mass is 413 g/mol. The first-order valence-electron chi connectivity index (χ1n) is 10.8. The van der Waals surface area contributed by atoms with Crippen molar-refractivity contribution in [2.75, 3.05) is 18.0 Å². The minimum absolute atomic E-state index is 0.0801. The highest BCUT2D eigenvalue weighted by molar-refractivity contribution is 5.69. The Bertz CT molecular complexity index is 1330. The second-order valence-corrected chi connectivity index (χ2v) is 8.54. The molecule has 0 aromatic carbocycles. The van der Waals surface area contributed by atoms with Crippen LogP contribution in [0.25, 0.3) is 16.8 Å². The Hall–Kier alpha value is -3.55. The number of aryl methyl sites for hydroxylation is 1. The first kappa shape index (κ1) is 18.2. The van der Waals surface area contributed by atoms with Gasteiger partial charge in [-0.1, -0.05) is 13.0 Å². The molecule has 4 aromatic rings. The van der Waals surface area contributed by atoms with E-state index in [0.717, 1.165) is 66.3 Å². The second-order valence-electron chi connectivity index (χ2n) is 8.54. The molecule has 31 heavy (non-hydrogen) atoms. The lowest BCUT2D eigenvalue weighted by atomic mass is 9.82. The molecule has 0 amide bonds. The number of hydrogen-bond acceptors (Lipinski definition) is 6. The molecule has 0 spiro atoms. The van der Waals surface area contributed by atoms with Gasteiger partial charge in [-0.2, -0.15) is 9.61 Å². The van der Waals surface area contributed by atoms with Crippen molar-refractivity contribution in [2.24, 2.45) is 5.92 Å². The summed E-state index contributed by atoms with van der Waals surface area (Å²) < 4.78 is 3.75. The molecule has 0 aliphatic carbocycles. The Kier molecular flexibility index (Phi) is 4.12. The maximum atomic E-state index is 13.0. The van der Waals surface area contributed by atoms with Crippen LogP contribution in [-0.4, -0.2) is 42.5 Å². The number of rotatable bonds is 3. The quantitative estimate of drug-likeness (QED) is 0.513. The summed E-state index contributed by atoms with van der Waals surface area (Å²) in [5.74, 6) is 0.715. The van der Waals surface area contributed by atoms with Crippen LogP contribution in [0.3, 0.4) is 0 Å². The van der Waals surface area contributed by atoms with E-state index in [2.05, 4.69) is 44.2 Å². The van der Waals surface area contributed by atoms with Gasteiger partial charge in [-0.05, 0) is 42.5 Å². The van der Waals surface area contributed by atoms with Crippen LogP contribution in [0.4, 0.5) is 5.69 Å². The van der Waals surface area contributed by atoms with E-state index in [1.54, 1.807) is 23.1 Å². The zero-order chi connectivity index (χ0) is 20.9. The third-order valence-electron chi connectivity index (χ3n) is 6.55. The Morgan fingerprint density at radius 3 is 2.90 bits per heavy atom. The van der Waals surface area contributed by atoms with Gasteiger partial charge in [0.05, 0.1) is 11.4 Å². The third-order valence-corrected chi connectivity index (χ3v) is 6.55. The van der Waals surface area contributed by atoms with Crippen LogP contribution >= 0.6 is 0 Å². The van der Waals surface area contributed by atoms with E-state index in [9.17, 15) is 4.79 Å². The van der Waals surface area contributed by atoms with Crippen molar-refractivity contribution in [3.05, 3.63) is 70.8 Å². The topological polar surface area (TPSA) is 81.2 Å². The second kappa shape index (κ2) is 7.01. The molecule has 0 radical (unpaired) electrons. The zero-order valence-electron chi connectivity index (χ0n) is 17.3. The van der Waals surface area contributed by atoms with Crippen LogP contribution < -0.4 is 10.5 Å². The normalized spacial score (nSPS) is 20.1. The molecule has 6 rings (SSSR count). The molecule has 0 N–H and O–H groups in total. The summed E-state index contributed by atoms with van der Waals surface area (Å²) in [7, 11) is 0. The summed E-state index contributed by atoms with van der Waals surface area (Å²) in [5.41, 5.74) is 6.01. The van der Waals surface area contributed by atoms with E-state index >= 15 is 0 Å². The van der Waals surface area contributed by atoms with E-state index in [0.29, 0.717) is 5.92 Å². The standard InChI is InChI=1S/C23H23N7O/c1-2-19-9-21(23-26-25-14-30(23)27-19)28-11-15-6-18(13-28)20-7-17(8-22(31)29(20)12-15)16-4-3-5-24-10-16/h3-5,7-10,14-15,18H,2,6,11-13H2,1H3/t15-,18+/m0/s1. The van der Waals surface area contributed by atoms with Crippen LogP contribution in [0, 0.1) is 5.92 Å². The summed E-state index contributed by atoms with van der Waals surface area (Å²) in [6.45, 7) is 4.61. The Morgan fingerprint density at radius 1 is 1.13 bits per heavy atom. The molecule has 1 fully saturated rings. The van der Waals surface area contributed by atoms with Crippen LogP contribution in [0.5, 0.6) is 0 Å². The van der Waals surface area contributed by atoms with Gasteiger partial charge < -0.3 is 9.47 Å². The molecular formula is C23H23N7O. The SMILES string of the molecule is CCc1cc(N2C[C@@H]3C[C@H](C2)c2cc(-c4cccnc4)cc(=O)n2C3)c2nncn2n1. The van der Waals surface area contributed by atoms with Crippen molar-refractivity contribution >= 4 is 11.3 Å². The van der Waals surface area contributed by atoms with Crippen molar-refractivity contribution < 1.29 is 0 Å². The largest absolute Gasteiger partial charge is 0.367 e. The Balaban J connectivity index is 1.42. The average molecular weight is 413 g/mol. The number of hydrogen-bond donors (Lipinski definition) is 0. The Labute approximate surface area is 179 Å². The molecule has 0 saturated carbocycles. The van der Waals surface area contributed by atoms with Gasteiger partial charge in [-0.25, -0.2) is 0 Å². The fourth-order valence-electron chi connectivity index (χ4n) is 5.12. The average Bonchev–Trinajstić information content (AvgIpc) is 3.28. The van der Waals surface area contributed by atoms with Gasteiger partial charge in [-0.3, -0.25) is 9.78 Å². The first-order chi connectivity index (χ1) is 15.2. The minimum Gasteiger partial charge on any atom is -0.367 e. The highest BCUT2D eigenvalue weighted by atomic mass is 16.1. The molecule has 2 aliphatic rings. The smallest absolute Gasteiger partial charge is 0.251 e. The summed E-state index contributed by atoms with van der Waals surface area (Å²) in [5, 5.41) is 13.0. The summed E-state index contributed by atoms with van der Waals surface area (Å²) in [6.07, 6.45) is 7.19. The van der Waals surface area contributed by atoms with Crippen molar-refractivity contribution in [3.63, 3.8) is 0 Å². The van der Waals surface area contributed by atoms with E-state index < -0.39 is 0 Å². The molecule has 2 bridgehead atoms. The van der Waals surface area contributed by atoms with E-state index in [-0.39, 0.29) is 11.5 Å². The van der Waals surface area contributed by atoms with Gasteiger partial charge in [0.25, 0.3) is 5.56 Å². The number of fused-ring (bicyclic) bond motifs is 5. The van der Waals surface area contributed by atoms with Crippen molar-refractivity contribution in [3.8, 4) is 11.1 Å². The maximum Gasteiger partial charge on any atom is 0.251 e. The van der Waals surface area contributed by atoms with Crippen LogP contribution in [0.2, 0.25) is 0 Å². The molecule has 2 aliphatic heterocycles. The van der Waals surface area contributed by atoms with Gasteiger partial charge in [-0.15, -0.1) is 10.2 Å². The minimum atomic E-state index is 0.0801. The maximum absolute atomic E-state index is 13.0. The summed E-state index contributed by atoms with van der Waals surface area (Å²) in [4.78, 5) is 19.6. The van der Waals surface area contributed by atoms with E-state index in [1.165, 1.54) is 0 Å². The van der Waals surface area contributed by atoms with Gasteiger partial charge in [0.2, 0.25) is 5.65 Å². The number of anilines is 1. The van der Waals surface area contributed by atoms with Crippen LogP contribution in [0.15, 0.2) is 53.8 Å². The lowest BCUT2D eigenvalue weighted by Gasteiger charge is -2.43. The van der Waals surface area contributed by atoms with Gasteiger partial charge in [0.15, 0.2) is 0 Å².